The van der Waals surface area contributed by atoms with Crippen molar-refractivity contribution in [1.82, 2.24) is 4.31 Å². The molecule has 1 N–H and O–H groups in total. The largest absolute Gasteiger partial charge is 0.495 e. The summed E-state index contributed by atoms with van der Waals surface area (Å²) in [5.41, 5.74) is 1.17. The molecule has 27 heavy (non-hydrogen) atoms. The third-order valence-electron chi connectivity index (χ3n) is 3.67. The molecule has 0 saturated carbocycles. The van der Waals surface area contributed by atoms with Crippen molar-refractivity contribution in [2.45, 2.75) is 11.8 Å². The molecule has 0 aromatic heterocycles. The third-order valence-corrected chi connectivity index (χ3v) is 5.79. The van der Waals surface area contributed by atoms with E-state index in [0.29, 0.717) is 16.5 Å². The highest BCUT2D eigenvalue weighted by Gasteiger charge is 2.20. The smallest absolute Gasteiger partial charge is 0.262 e. The minimum atomic E-state index is -3.65. The Morgan fingerprint density at radius 3 is 2.48 bits per heavy atom. The molecular weight excluding hydrogens is 392 g/mol. The van der Waals surface area contributed by atoms with Crippen LogP contribution in [0.2, 0.25) is 5.02 Å². The highest BCUT2D eigenvalue weighted by atomic mass is 35.5. The Kier molecular flexibility index (Phi) is 6.69. The molecule has 0 spiro atoms. The number of hydrogen-bond acceptors (Lipinski definition) is 5. The van der Waals surface area contributed by atoms with Gasteiger partial charge in [-0.2, -0.15) is 0 Å². The predicted octanol–water partition coefficient (Wildman–Crippen LogP) is 2.92. The summed E-state index contributed by atoms with van der Waals surface area (Å²) >= 11 is 6.04. The van der Waals surface area contributed by atoms with Crippen molar-refractivity contribution in [3.05, 3.63) is 47.0 Å². The second-order valence-corrected chi connectivity index (χ2v) is 8.48. The molecule has 7 nitrogen and oxygen atoms in total. The molecule has 2 rings (SSSR count). The topological polar surface area (TPSA) is 84.9 Å². The molecule has 0 heterocycles. The van der Waals surface area contributed by atoms with E-state index in [2.05, 4.69) is 5.32 Å². The van der Waals surface area contributed by atoms with Crippen LogP contribution in [0.1, 0.15) is 5.56 Å². The van der Waals surface area contributed by atoms with Crippen LogP contribution in [0.15, 0.2) is 41.3 Å². The second kappa shape index (κ2) is 8.60. The van der Waals surface area contributed by atoms with E-state index in [4.69, 9.17) is 21.1 Å². The molecular formula is C18H21ClN2O5S. The number of nitrogens with one attached hydrogen (secondary N) is 1. The number of amides is 1. The normalized spacial score (nSPS) is 11.3. The van der Waals surface area contributed by atoms with Crippen LogP contribution in [0.4, 0.5) is 5.69 Å². The van der Waals surface area contributed by atoms with Gasteiger partial charge in [-0.05, 0) is 42.8 Å². The van der Waals surface area contributed by atoms with E-state index in [1.807, 2.05) is 13.0 Å². The molecule has 0 saturated heterocycles. The Balaban J connectivity index is 2.17. The fraction of sp³-hybridized carbons (Fsp3) is 0.278. The SMILES string of the molecule is COc1ccc(S(=O)(=O)N(C)C)cc1NC(=O)COc1cc(C)ccc1Cl. The van der Waals surface area contributed by atoms with Crippen LogP contribution in [0.25, 0.3) is 0 Å². The number of carbonyl (C=O) groups excluding carboxylic acids is 1. The van der Waals surface area contributed by atoms with E-state index in [-0.39, 0.29) is 17.2 Å². The first-order valence-corrected chi connectivity index (χ1v) is 9.76. The summed E-state index contributed by atoms with van der Waals surface area (Å²) in [6.07, 6.45) is 0. The summed E-state index contributed by atoms with van der Waals surface area (Å²) in [4.78, 5) is 12.3. The standard InChI is InChI=1S/C18H21ClN2O5S/c1-12-5-7-14(19)17(9-12)26-11-18(22)20-15-10-13(6-8-16(15)25-4)27(23,24)21(2)3/h5-10H,11H2,1-4H3,(H,20,22). The van der Waals surface area contributed by atoms with Gasteiger partial charge in [0.1, 0.15) is 11.5 Å². The summed E-state index contributed by atoms with van der Waals surface area (Å²) in [6, 6.07) is 9.46. The molecule has 0 fully saturated rings. The highest BCUT2D eigenvalue weighted by molar-refractivity contribution is 7.89. The van der Waals surface area contributed by atoms with Crippen molar-refractivity contribution in [3.63, 3.8) is 0 Å². The molecule has 0 radical (unpaired) electrons. The van der Waals surface area contributed by atoms with E-state index in [9.17, 15) is 13.2 Å². The molecule has 0 bridgehead atoms. The Morgan fingerprint density at radius 2 is 1.85 bits per heavy atom. The zero-order valence-electron chi connectivity index (χ0n) is 15.4. The first kappa shape index (κ1) is 21.0. The summed E-state index contributed by atoms with van der Waals surface area (Å²) in [5, 5.41) is 3.00. The lowest BCUT2D eigenvalue weighted by Crippen LogP contribution is -2.23. The number of anilines is 1. The highest BCUT2D eigenvalue weighted by Crippen LogP contribution is 2.29. The molecule has 0 aliphatic carbocycles. The molecule has 2 aromatic rings. The van der Waals surface area contributed by atoms with Gasteiger partial charge in [0.05, 0.1) is 22.7 Å². The predicted molar refractivity (Wildman–Crippen MR) is 104 cm³/mol. The van der Waals surface area contributed by atoms with Crippen molar-refractivity contribution >= 4 is 33.2 Å². The number of rotatable bonds is 7. The van der Waals surface area contributed by atoms with Crippen LogP contribution in [-0.4, -0.2) is 46.4 Å². The Hall–Kier alpha value is -2.29. The lowest BCUT2D eigenvalue weighted by molar-refractivity contribution is -0.118. The monoisotopic (exact) mass is 412 g/mol. The first-order valence-electron chi connectivity index (χ1n) is 7.94. The average Bonchev–Trinajstić information content (AvgIpc) is 2.62. The van der Waals surface area contributed by atoms with Crippen molar-refractivity contribution in [2.75, 3.05) is 33.1 Å². The van der Waals surface area contributed by atoms with E-state index < -0.39 is 15.9 Å². The summed E-state index contributed by atoms with van der Waals surface area (Å²) in [7, 11) is 0.632. The number of carbonyl (C=O) groups is 1. The van der Waals surface area contributed by atoms with Crippen LogP contribution in [0, 0.1) is 6.92 Å². The first-order chi connectivity index (χ1) is 12.6. The fourth-order valence-electron chi connectivity index (χ4n) is 2.21. The Bertz CT molecular complexity index is 945. The van der Waals surface area contributed by atoms with Gasteiger partial charge in [0.25, 0.3) is 5.91 Å². The van der Waals surface area contributed by atoms with Gasteiger partial charge in [0.15, 0.2) is 6.61 Å². The van der Waals surface area contributed by atoms with Crippen LogP contribution in [-0.2, 0) is 14.8 Å². The minimum Gasteiger partial charge on any atom is -0.495 e. The van der Waals surface area contributed by atoms with E-state index >= 15 is 0 Å². The number of halogens is 1. The molecule has 2 aromatic carbocycles. The van der Waals surface area contributed by atoms with Gasteiger partial charge < -0.3 is 14.8 Å². The number of nitrogens with zero attached hydrogens (tertiary/aromatic N) is 1. The van der Waals surface area contributed by atoms with Crippen LogP contribution in [0.3, 0.4) is 0 Å². The molecule has 0 aliphatic rings. The zero-order valence-corrected chi connectivity index (χ0v) is 17.0. The zero-order chi connectivity index (χ0) is 20.2. The van der Waals surface area contributed by atoms with Crippen molar-refractivity contribution in [2.24, 2.45) is 0 Å². The minimum absolute atomic E-state index is 0.0336. The van der Waals surface area contributed by atoms with Gasteiger partial charge >= 0.3 is 0 Å². The maximum Gasteiger partial charge on any atom is 0.262 e. The number of sulfonamides is 1. The fourth-order valence-corrected chi connectivity index (χ4v) is 3.31. The van der Waals surface area contributed by atoms with Crippen molar-refractivity contribution in [3.8, 4) is 11.5 Å². The van der Waals surface area contributed by atoms with E-state index in [0.717, 1.165) is 9.87 Å². The number of ether oxygens (including phenoxy) is 2. The van der Waals surface area contributed by atoms with E-state index in [1.54, 1.807) is 12.1 Å². The Labute approximate surface area is 163 Å². The van der Waals surface area contributed by atoms with Gasteiger partial charge in [-0.3, -0.25) is 4.79 Å². The number of benzene rings is 2. The molecule has 9 heteroatoms. The van der Waals surface area contributed by atoms with Crippen LogP contribution >= 0.6 is 11.6 Å². The molecule has 0 unspecified atom stereocenters. The van der Waals surface area contributed by atoms with Gasteiger partial charge in [0, 0.05) is 14.1 Å². The van der Waals surface area contributed by atoms with Gasteiger partial charge in [-0.1, -0.05) is 17.7 Å². The van der Waals surface area contributed by atoms with Gasteiger partial charge in [0.2, 0.25) is 10.0 Å². The van der Waals surface area contributed by atoms with Crippen LogP contribution < -0.4 is 14.8 Å². The van der Waals surface area contributed by atoms with Gasteiger partial charge in [-0.15, -0.1) is 0 Å². The molecule has 1 amide bonds. The number of hydrogen-bond donors (Lipinski definition) is 1. The lowest BCUT2D eigenvalue weighted by Gasteiger charge is -2.15. The maximum atomic E-state index is 12.3. The van der Waals surface area contributed by atoms with Crippen molar-refractivity contribution in [1.29, 1.82) is 0 Å². The molecule has 146 valence electrons. The molecule has 0 aliphatic heterocycles. The second-order valence-electron chi connectivity index (χ2n) is 5.92. The van der Waals surface area contributed by atoms with Crippen LogP contribution in [0.5, 0.6) is 11.5 Å². The third kappa shape index (κ3) is 5.12. The maximum absolute atomic E-state index is 12.3. The van der Waals surface area contributed by atoms with E-state index in [1.165, 1.54) is 39.4 Å². The summed E-state index contributed by atoms with van der Waals surface area (Å²) < 4.78 is 36.3. The summed E-state index contributed by atoms with van der Waals surface area (Å²) in [5.74, 6) is 0.239. The number of methoxy groups -OCH3 is 1. The number of aryl methyl sites for hydroxylation is 1. The quantitative estimate of drug-likeness (QED) is 0.755. The Morgan fingerprint density at radius 1 is 1.15 bits per heavy atom. The van der Waals surface area contributed by atoms with Gasteiger partial charge in [-0.25, -0.2) is 12.7 Å². The molecule has 0 atom stereocenters. The summed E-state index contributed by atoms with van der Waals surface area (Å²) in [6.45, 7) is 1.59. The average molecular weight is 413 g/mol. The lowest BCUT2D eigenvalue weighted by atomic mass is 10.2. The van der Waals surface area contributed by atoms with Crippen molar-refractivity contribution < 1.29 is 22.7 Å².